The van der Waals surface area contributed by atoms with Gasteiger partial charge >= 0.3 is 0 Å². The molecule has 0 radical (unpaired) electrons. The largest absolute Gasteiger partial charge is 0.391 e. The molecule has 92 valence electrons. The zero-order chi connectivity index (χ0) is 12.0. The van der Waals surface area contributed by atoms with Gasteiger partial charge in [0.1, 0.15) is 5.82 Å². The van der Waals surface area contributed by atoms with Crippen molar-refractivity contribution in [2.45, 2.75) is 43.4 Å². The molecule has 0 unspecified atom stereocenters. The van der Waals surface area contributed by atoms with Crippen LogP contribution in [0.1, 0.15) is 30.7 Å². The van der Waals surface area contributed by atoms with Crippen LogP contribution in [0.4, 0.5) is 4.39 Å². The van der Waals surface area contributed by atoms with E-state index in [2.05, 4.69) is 11.9 Å². The summed E-state index contributed by atoms with van der Waals surface area (Å²) in [4.78, 5) is 2.31. The van der Waals surface area contributed by atoms with Gasteiger partial charge in [0.2, 0.25) is 0 Å². The van der Waals surface area contributed by atoms with Crippen molar-refractivity contribution in [1.82, 2.24) is 4.90 Å². The summed E-state index contributed by atoms with van der Waals surface area (Å²) in [5.74, 6) is 0.295. The molecule has 1 aromatic rings. The number of hydrogen-bond acceptors (Lipinski definition) is 2. The van der Waals surface area contributed by atoms with E-state index in [9.17, 15) is 9.50 Å². The van der Waals surface area contributed by atoms with Crippen molar-refractivity contribution in [3.8, 4) is 0 Å². The summed E-state index contributed by atoms with van der Waals surface area (Å²) in [5.41, 5.74) is 1.21. The first kappa shape index (κ1) is 11.2. The molecule has 2 aliphatic heterocycles. The van der Waals surface area contributed by atoms with E-state index < -0.39 is 0 Å². The molecule has 2 nitrogen and oxygen atoms in total. The molecule has 2 aliphatic rings. The number of benzene rings is 1. The highest BCUT2D eigenvalue weighted by molar-refractivity contribution is 5.23. The number of halogens is 1. The molecule has 0 spiro atoms. The lowest BCUT2D eigenvalue weighted by atomic mass is 9.85. The van der Waals surface area contributed by atoms with Crippen molar-refractivity contribution < 1.29 is 9.50 Å². The lowest BCUT2D eigenvalue weighted by molar-refractivity contribution is 0.0948. The Kier molecular flexibility index (Phi) is 2.68. The number of rotatable bonds is 1. The Morgan fingerprint density at radius 2 is 1.88 bits per heavy atom. The first-order valence-corrected chi connectivity index (χ1v) is 6.30. The van der Waals surface area contributed by atoms with Gasteiger partial charge in [0.15, 0.2) is 0 Å². The fraction of sp³-hybridized carbons (Fsp3) is 0.571. The number of piperidine rings is 1. The van der Waals surface area contributed by atoms with Gasteiger partial charge in [0, 0.05) is 12.1 Å². The monoisotopic (exact) mass is 235 g/mol. The molecule has 2 fully saturated rings. The lowest BCUT2D eigenvalue weighted by Gasteiger charge is -2.36. The molecule has 1 aromatic carbocycles. The van der Waals surface area contributed by atoms with Gasteiger partial charge in [-0.1, -0.05) is 12.1 Å². The Hall–Kier alpha value is -0.930. The van der Waals surface area contributed by atoms with Gasteiger partial charge in [0.05, 0.1) is 6.10 Å². The van der Waals surface area contributed by atoms with Crippen LogP contribution in [0.25, 0.3) is 0 Å². The second kappa shape index (κ2) is 4.07. The van der Waals surface area contributed by atoms with Crippen LogP contribution in [-0.2, 0) is 0 Å². The molecule has 17 heavy (non-hydrogen) atoms. The smallest absolute Gasteiger partial charge is 0.123 e. The predicted molar refractivity (Wildman–Crippen MR) is 64.3 cm³/mol. The van der Waals surface area contributed by atoms with Crippen molar-refractivity contribution in [2.24, 2.45) is 0 Å². The van der Waals surface area contributed by atoms with Crippen molar-refractivity contribution >= 4 is 0 Å². The van der Waals surface area contributed by atoms with E-state index in [1.54, 1.807) is 0 Å². The summed E-state index contributed by atoms with van der Waals surface area (Å²) in [6.45, 7) is 0. The van der Waals surface area contributed by atoms with Crippen molar-refractivity contribution in [2.75, 3.05) is 7.05 Å². The number of hydrogen-bond donors (Lipinski definition) is 1. The Labute approximate surface area is 101 Å². The number of aliphatic hydroxyl groups is 1. The highest BCUT2D eigenvalue weighted by Crippen LogP contribution is 2.42. The van der Waals surface area contributed by atoms with E-state index in [1.165, 1.54) is 17.7 Å². The molecule has 2 saturated heterocycles. The molecule has 3 heteroatoms. The molecular formula is C14H18FNO. The molecule has 3 rings (SSSR count). The Morgan fingerprint density at radius 1 is 1.18 bits per heavy atom. The van der Waals surface area contributed by atoms with Crippen LogP contribution in [0, 0.1) is 5.82 Å². The number of aliphatic hydroxyl groups excluding tert-OH is 1. The minimum absolute atomic E-state index is 0.176. The summed E-state index contributed by atoms with van der Waals surface area (Å²) >= 11 is 0. The Bertz CT molecular complexity index is 405. The van der Waals surface area contributed by atoms with Gasteiger partial charge in [-0.3, -0.25) is 4.90 Å². The van der Waals surface area contributed by atoms with E-state index in [4.69, 9.17) is 0 Å². The topological polar surface area (TPSA) is 23.5 Å². The molecule has 1 N–H and O–H groups in total. The normalized spacial score (nSPS) is 37.4. The fourth-order valence-electron chi connectivity index (χ4n) is 3.45. The zero-order valence-electron chi connectivity index (χ0n) is 10.0. The van der Waals surface area contributed by atoms with Crippen LogP contribution >= 0.6 is 0 Å². The highest BCUT2D eigenvalue weighted by Gasteiger charge is 2.44. The van der Waals surface area contributed by atoms with Crippen molar-refractivity contribution in [1.29, 1.82) is 0 Å². The second-order valence-corrected chi connectivity index (χ2v) is 5.41. The maximum Gasteiger partial charge on any atom is 0.123 e. The summed E-state index contributed by atoms with van der Waals surface area (Å²) in [6.07, 6.45) is 2.77. The first-order chi connectivity index (χ1) is 8.15. The van der Waals surface area contributed by atoms with Crippen molar-refractivity contribution in [3.63, 3.8) is 0 Å². The standard InChI is InChI=1S/C14H18FNO/c1-16-12-6-10(7-13(16)14(17)8-12)9-2-4-11(15)5-3-9/h2-5,10,12-14,17H,6-8H2,1H3/t10-,12+,13+,14+/m0/s1. The SMILES string of the molecule is CN1[C@@H]2C[C@H](c3ccc(F)cc3)C[C@@H]1[C@H](O)C2. The fourth-order valence-corrected chi connectivity index (χ4v) is 3.45. The number of nitrogens with zero attached hydrogens (tertiary/aromatic N) is 1. The Morgan fingerprint density at radius 3 is 2.53 bits per heavy atom. The van der Waals surface area contributed by atoms with Gasteiger partial charge < -0.3 is 5.11 Å². The third-order valence-electron chi connectivity index (χ3n) is 4.48. The minimum atomic E-state index is -0.185. The highest BCUT2D eigenvalue weighted by atomic mass is 19.1. The van der Waals surface area contributed by atoms with Crippen LogP contribution in [0.5, 0.6) is 0 Å². The quantitative estimate of drug-likeness (QED) is 0.806. The third-order valence-corrected chi connectivity index (χ3v) is 4.48. The van der Waals surface area contributed by atoms with Gasteiger partial charge in [-0.15, -0.1) is 0 Å². The maximum absolute atomic E-state index is 12.9. The predicted octanol–water partition coefficient (Wildman–Crippen LogP) is 2.14. The molecule has 2 bridgehead atoms. The second-order valence-electron chi connectivity index (χ2n) is 5.41. The molecule has 4 atom stereocenters. The average Bonchev–Trinajstić information content (AvgIpc) is 2.50. The lowest BCUT2D eigenvalue weighted by Crippen LogP contribution is -2.41. The van der Waals surface area contributed by atoms with Crippen LogP contribution in [0.15, 0.2) is 24.3 Å². The number of fused-ring (bicyclic) bond motifs is 2. The minimum Gasteiger partial charge on any atom is -0.391 e. The van der Waals surface area contributed by atoms with E-state index in [-0.39, 0.29) is 18.0 Å². The summed E-state index contributed by atoms with van der Waals surface area (Å²) in [6, 6.07) is 7.61. The van der Waals surface area contributed by atoms with E-state index in [1.807, 2.05) is 12.1 Å². The van der Waals surface area contributed by atoms with Gasteiger partial charge in [0.25, 0.3) is 0 Å². The van der Waals surface area contributed by atoms with Crippen LogP contribution < -0.4 is 0 Å². The van der Waals surface area contributed by atoms with Crippen LogP contribution in [0.3, 0.4) is 0 Å². The van der Waals surface area contributed by atoms with E-state index in [0.29, 0.717) is 12.0 Å². The summed E-state index contributed by atoms with van der Waals surface area (Å²) < 4.78 is 12.9. The van der Waals surface area contributed by atoms with E-state index in [0.717, 1.165) is 19.3 Å². The van der Waals surface area contributed by atoms with Gasteiger partial charge in [-0.05, 0) is 49.9 Å². The molecule has 0 amide bonds. The third kappa shape index (κ3) is 1.87. The van der Waals surface area contributed by atoms with Crippen LogP contribution in [-0.4, -0.2) is 35.2 Å². The number of likely N-dealkylation sites (N-methyl/N-ethyl adjacent to an activating group) is 1. The Balaban J connectivity index is 1.81. The molecule has 0 saturated carbocycles. The van der Waals surface area contributed by atoms with Crippen LogP contribution in [0.2, 0.25) is 0 Å². The van der Waals surface area contributed by atoms with Gasteiger partial charge in [-0.2, -0.15) is 0 Å². The molecular weight excluding hydrogens is 217 g/mol. The summed E-state index contributed by atoms with van der Waals surface area (Å²) in [5, 5.41) is 9.98. The maximum atomic E-state index is 12.9. The molecule has 2 heterocycles. The van der Waals surface area contributed by atoms with E-state index >= 15 is 0 Å². The molecule has 0 aromatic heterocycles. The molecule has 0 aliphatic carbocycles. The summed E-state index contributed by atoms with van der Waals surface area (Å²) in [7, 11) is 2.10. The van der Waals surface area contributed by atoms with Gasteiger partial charge in [-0.25, -0.2) is 4.39 Å². The van der Waals surface area contributed by atoms with Crippen molar-refractivity contribution in [3.05, 3.63) is 35.6 Å². The average molecular weight is 235 g/mol. The zero-order valence-corrected chi connectivity index (χ0v) is 10.0. The first-order valence-electron chi connectivity index (χ1n) is 6.30.